The quantitative estimate of drug-likeness (QED) is 0.693. The maximum Gasteiger partial charge on any atom is 0.573 e. The first-order chi connectivity index (χ1) is 12.7. The number of para-hydroxylation sites is 2. The second-order valence-corrected chi connectivity index (χ2v) is 7.18. The van der Waals surface area contributed by atoms with Crippen LogP contribution in [-0.2, 0) is 16.6 Å². The summed E-state index contributed by atoms with van der Waals surface area (Å²) in [5.74, 6) is -0.794. The summed E-state index contributed by atoms with van der Waals surface area (Å²) in [4.78, 5) is -0.599. The number of hydrogen-bond acceptors (Lipinski definition) is 4. The van der Waals surface area contributed by atoms with Crippen molar-refractivity contribution in [2.45, 2.75) is 17.8 Å². The SMILES string of the molecule is O=S(=O)(NCc1cnn(-c2ccccc2)c1)c1ccccc1OC(F)(F)F. The van der Waals surface area contributed by atoms with Crippen LogP contribution >= 0.6 is 0 Å². The van der Waals surface area contributed by atoms with Gasteiger partial charge in [0.05, 0.1) is 11.9 Å². The highest BCUT2D eigenvalue weighted by atomic mass is 32.2. The van der Waals surface area contributed by atoms with E-state index in [1.54, 1.807) is 10.9 Å². The van der Waals surface area contributed by atoms with Crippen molar-refractivity contribution in [1.82, 2.24) is 14.5 Å². The first-order valence-corrected chi connectivity index (χ1v) is 9.16. The van der Waals surface area contributed by atoms with Crippen LogP contribution in [0.5, 0.6) is 5.75 Å². The molecular formula is C17H14F3N3O3S. The molecule has 6 nitrogen and oxygen atoms in total. The van der Waals surface area contributed by atoms with Crippen LogP contribution in [0, 0.1) is 0 Å². The predicted octanol–water partition coefficient (Wildman–Crippen LogP) is 3.25. The lowest BCUT2D eigenvalue weighted by Crippen LogP contribution is -2.25. The van der Waals surface area contributed by atoms with E-state index >= 15 is 0 Å². The normalized spacial score (nSPS) is 12.1. The van der Waals surface area contributed by atoms with Gasteiger partial charge in [-0.05, 0) is 24.3 Å². The van der Waals surface area contributed by atoms with Gasteiger partial charge in [-0.1, -0.05) is 30.3 Å². The van der Waals surface area contributed by atoms with E-state index in [9.17, 15) is 21.6 Å². The van der Waals surface area contributed by atoms with Crippen LogP contribution in [0.3, 0.4) is 0 Å². The molecule has 0 aliphatic rings. The molecule has 0 atom stereocenters. The second kappa shape index (κ2) is 7.41. The van der Waals surface area contributed by atoms with E-state index in [1.165, 1.54) is 18.3 Å². The third-order valence-corrected chi connectivity index (χ3v) is 4.93. The number of rotatable bonds is 6. The van der Waals surface area contributed by atoms with Gasteiger partial charge in [-0.25, -0.2) is 17.8 Å². The highest BCUT2D eigenvalue weighted by Crippen LogP contribution is 2.29. The Morgan fingerprint density at radius 1 is 1.04 bits per heavy atom. The van der Waals surface area contributed by atoms with Crippen LogP contribution in [0.1, 0.15) is 5.56 Å². The zero-order valence-electron chi connectivity index (χ0n) is 13.7. The minimum absolute atomic E-state index is 0.143. The lowest BCUT2D eigenvalue weighted by molar-refractivity contribution is -0.275. The largest absolute Gasteiger partial charge is 0.573 e. The van der Waals surface area contributed by atoms with Gasteiger partial charge in [-0.3, -0.25) is 0 Å². The molecule has 1 heterocycles. The predicted molar refractivity (Wildman–Crippen MR) is 90.7 cm³/mol. The first-order valence-electron chi connectivity index (χ1n) is 7.68. The molecule has 2 aromatic carbocycles. The van der Waals surface area contributed by atoms with Crippen molar-refractivity contribution in [3.05, 3.63) is 72.6 Å². The number of benzene rings is 2. The van der Waals surface area contributed by atoms with Crippen LogP contribution in [0.25, 0.3) is 5.69 Å². The molecule has 0 unspecified atom stereocenters. The number of halogens is 3. The van der Waals surface area contributed by atoms with Crippen molar-refractivity contribution < 1.29 is 26.3 Å². The number of sulfonamides is 1. The molecule has 0 aliphatic carbocycles. The number of aromatic nitrogens is 2. The Balaban J connectivity index is 1.76. The van der Waals surface area contributed by atoms with Crippen LogP contribution in [0.2, 0.25) is 0 Å². The Bertz CT molecular complexity index is 1020. The van der Waals surface area contributed by atoms with Crippen LogP contribution in [0.4, 0.5) is 13.2 Å². The van der Waals surface area contributed by atoms with Crippen molar-refractivity contribution in [1.29, 1.82) is 0 Å². The average Bonchev–Trinajstić information content (AvgIpc) is 3.09. The molecule has 10 heteroatoms. The fourth-order valence-corrected chi connectivity index (χ4v) is 3.46. The lowest BCUT2D eigenvalue weighted by Gasteiger charge is -2.13. The molecule has 3 aromatic rings. The minimum atomic E-state index is -5.00. The highest BCUT2D eigenvalue weighted by Gasteiger charge is 2.33. The Labute approximate surface area is 153 Å². The summed E-state index contributed by atoms with van der Waals surface area (Å²) in [5.41, 5.74) is 1.33. The Morgan fingerprint density at radius 3 is 2.41 bits per heavy atom. The smallest absolute Gasteiger partial charge is 0.404 e. The Kier molecular flexibility index (Phi) is 5.19. The van der Waals surface area contributed by atoms with Crippen LogP contribution in [-0.4, -0.2) is 24.6 Å². The van der Waals surface area contributed by atoms with E-state index in [1.807, 2.05) is 30.3 Å². The summed E-state index contributed by atoms with van der Waals surface area (Å²) in [6, 6.07) is 13.7. The Morgan fingerprint density at radius 2 is 1.70 bits per heavy atom. The molecule has 0 bridgehead atoms. The van der Waals surface area contributed by atoms with E-state index in [-0.39, 0.29) is 6.54 Å². The van der Waals surface area contributed by atoms with Gasteiger partial charge in [0.25, 0.3) is 0 Å². The van der Waals surface area contributed by atoms with E-state index in [0.717, 1.165) is 17.8 Å². The van der Waals surface area contributed by atoms with Gasteiger partial charge in [0.15, 0.2) is 0 Å². The Hall–Kier alpha value is -2.85. The highest BCUT2D eigenvalue weighted by molar-refractivity contribution is 7.89. The van der Waals surface area contributed by atoms with Crippen molar-refractivity contribution >= 4 is 10.0 Å². The summed E-state index contributed by atoms with van der Waals surface area (Å²) in [5, 5.41) is 4.13. The van der Waals surface area contributed by atoms with Crippen molar-refractivity contribution in [3.8, 4) is 11.4 Å². The first kappa shape index (κ1) is 18.9. The molecule has 0 amide bonds. The number of alkyl halides is 3. The van der Waals surface area contributed by atoms with Gasteiger partial charge in [0, 0.05) is 18.3 Å². The molecule has 1 N–H and O–H groups in total. The number of hydrogen-bond donors (Lipinski definition) is 1. The third-order valence-electron chi connectivity index (χ3n) is 3.49. The van der Waals surface area contributed by atoms with E-state index in [0.29, 0.717) is 5.56 Å². The summed E-state index contributed by atoms with van der Waals surface area (Å²) < 4.78 is 69.8. The number of ether oxygens (including phenoxy) is 1. The van der Waals surface area contributed by atoms with Crippen molar-refractivity contribution in [2.75, 3.05) is 0 Å². The van der Waals surface area contributed by atoms with Gasteiger partial charge >= 0.3 is 6.36 Å². The molecular weight excluding hydrogens is 383 g/mol. The van der Waals surface area contributed by atoms with E-state index in [4.69, 9.17) is 0 Å². The molecule has 0 fully saturated rings. The molecule has 0 spiro atoms. The summed E-state index contributed by atoms with van der Waals surface area (Å²) in [6.07, 6.45) is -1.91. The van der Waals surface area contributed by atoms with Gasteiger partial charge in [0.2, 0.25) is 10.0 Å². The van der Waals surface area contributed by atoms with E-state index < -0.39 is 27.0 Å². The summed E-state index contributed by atoms with van der Waals surface area (Å²) >= 11 is 0. The standard InChI is InChI=1S/C17H14F3N3O3S/c18-17(19,20)26-15-8-4-5-9-16(15)27(24,25)22-11-13-10-21-23(12-13)14-6-2-1-3-7-14/h1-10,12,22H,11H2. The zero-order chi connectivity index (χ0) is 19.5. The summed E-state index contributed by atoms with van der Waals surface area (Å²) in [6.45, 7) is -0.143. The zero-order valence-corrected chi connectivity index (χ0v) is 14.5. The third kappa shape index (κ3) is 4.86. The number of nitrogens with one attached hydrogen (secondary N) is 1. The molecule has 0 saturated heterocycles. The average molecular weight is 397 g/mol. The monoisotopic (exact) mass is 397 g/mol. The molecule has 3 rings (SSSR count). The van der Waals surface area contributed by atoms with Gasteiger partial charge < -0.3 is 4.74 Å². The van der Waals surface area contributed by atoms with E-state index in [2.05, 4.69) is 14.6 Å². The van der Waals surface area contributed by atoms with Gasteiger partial charge in [-0.15, -0.1) is 13.2 Å². The molecule has 27 heavy (non-hydrogen) atoms. The van der Waals surface area contributed by atoms with Crippen LogP contribution < -0.4 is 9.46 Å². The lowest BCUT2D eigenvalue weighted by atomic mass is 10.3. The summed E-state index contributed by atoms with van der Waals surface area (Å²) in [7, 11) is -4.23. The molecule has 142 valence electrons. The second-order valence-electron chi connectivity index (χ2n) is 5.45. The van der Waals surface area contributed by atoms with Crippen molar-refractivity contribution in [2.24, 2.45) is 0 Å². The fraction of sp³-hybridized carbons (Fsp3) is 0.118. The maximum atomic E-state index is 12.5. The molecule has 1 aromatic heterocycles. The molecule has 0 aliphatic heterocycles. The van der Waals surface area contributed by atoms with Crippen molar-refractivity contribution in [3.63, 3.8) is 0 Å². The minimum Gasteiger partial charge on any atom is -0.404 e. The number of nitrogens with zero attached hydrogens (tertiary/aromatic N) is 2. The van der Waals surface area contributed by atoms with Crippen LogP contribution in [0.15, 0.2) is 71.9 Å². The van der Waals surface area contributed by atoms with Gasteiger partial charge in [0.1, 0.15) is 10.6 Å². The molecule has 0 radical (unpaired) electrons. The topological polar surface area (TPSA) is 73.2 Å². The van der Waals surface area contributed by atoms with Gasteiger partial charge in [-0.2, -0.15) is 5.10 Å². The maximum absolute atomic E-state index is 12.5. The molecule has 0 saturated carbocycles. The fourth-order valence-electron chi connectivity index (χ4n) is 2.31.